The van der Waals surface area contributed by atoms with Crippen LogP contribution in [0.3, 0.4) is 0 Å². The fraction of sp³-hybridized carbons (Fsp3) is 0.929. The molecular formula is C14H28N6O5Si. The lowest BCUT2D eigenvalue weighted by molar-refractivity contribution is -0.141. The summed E-state index contributed by atoms with van der Waals surface area (Å²) in [5.74, 6) is -0.376. The maximum atomic E-state index is 10.8. The van der Waals surface area contributed by atoms with Crippen molar-refractivity contribution in [2.24, 2.45) is 10.2 Å². The minimum Gasteiger partial charge on any atom is -0.466 e. The zero-order valence-electron chi connectivity index (χ0n) is 15.8. The smallest absolute Gasteiger partial charge is 0.466 e. The van der Waals surface area contributed by atoms with Gasteiger partial charge in [-0.25, -0.2) is 0 Å². The summed E-state index contributed by atoms with van der Waals surface area (Å²) in [6, 6.07) is 0.0590. The number of esters is 1. The molecule has 0 spiro atoms. The van der Waals surface area contributed by atoms with Crippen molar-refractivity contribution < 1.29 is 22.8 Å². The maximum absolute atomic E-state index is 10.8. The highest BCUT2D eigenvalue weighted by molar-refractivity contribution is 6.60. The highest BCUT2D eigenvalue weighted by Crippen LogP contribution is 2.21. The average Bonchev–Trinajstić information content (AvgIpc) is 2.63. The third-order valence-electron chi connectivity index (χ3n) is 3.97. The third-order valence-corrected chi connectivity index (χ3v) is 6.80. The molecule has 0 heterocycles. The summed E-state index contributed by atoms with van der Waals surface area (Å²) in [5, 5.41) is 7.53. The van der Waals surface area contributed by atoms with E-state index in [1.165, 1.54) is 6.92 Å². The molecule has 0 rings (SSSR count). The monoisotopic (exact) mass is 388 g/mol. The van der Waals surface area contributed by atoms with Gasteiger partial charge in [0, 0.05) is 56.2 Å². The molecule has 0 radical (unpaired) electrons. The second-order valence-electron chi connectivity index (χ2n) is 5.61. The van der Waals surface area contributed by atoms with E-state index < -0.39 is 8.80 Å². The van der Waals surface area contributed by atoms with Crippen molar-refractivity contribution in [1.29, 1.82) is 0 Å². The molecule has 148 valence electrons. The van der Waals surface area contributed by atoms with E-state index in [0.29, 0.717) is 38.1 Å². The molecule has 2 atom stereocenters. The van der Waals surface area contributed by atoms with E-state index in [4.69, 9.17) is 29.1 Å². The Labute approximate surface area is 154 Å². The number of hydrogen-bond acceptors (Lipinski definition) is 7. The standard InChI is InChI=1S/C14H28N6O5Si/c1-12(21)25-10-9-14(18-20-16)8-7-13(17-19-15)6-5-11-26(22-2,23-3)24-4/h13-14H,5-11H2,1-4H3. The number of azide groups is 2. The van der Waals surface area contributed by atoms with Crippen LogP contribution in [0.5, 0.6) is 0 Å². The van der Waals surface area contributed by atoms with E-state index in [-0.39, 0.29) is 24.7 Å². The van der Waals surface area contributed by atoms with E-state index >= 15 is 0 Å². The normalized spacial score (nSPS) is 13.2. The van der Waals surface area contributed by atoms with E-state index in [9.17, 15) is 4.79 Å². The lowest BCUT2D eigenvalue weighted by Gasteiger charge is -2.24. The average molecular weight is 389 g/mol. The van der Waals surface area contributed by atoms with Gasteiger partial charge in [0.2, 0.25) is 0 Å². The van der Waals surface area contributed by atoms with Crippen molar-refractivity contribution in [2.45, 2.75) is 57.2 Å². The molecule has 0 saturated heterocycles. The van der Waals surface area contributed by atoms with Gasteiger partial charge in [-0.1, -0.05) is 10.2 Å². The van der Waals surface area contributed by atoms with Gasteiger partial charge in [-0.3, -0.25) is 4.79 Å². The predicted octanol–water partition coefficient (Wildman–Crippen LogP) is 3.74. The molecule has 0 aromatic heterocycles. The first-order valence-electron chi connectivity index (χ1n) is 8.34. The Balaban J connectivity index is 4.53. The first-order chi connectivity index (χ1) is 12.5. The van der Waals surface area contributed by atoms with Crippen molar-refractivity contribution in [3.8, 4) is 0 Å². The lowest BCUT2D eigenvalue weighted by Crippen LogP contribution is -2.42. The van der Waals surface area contributed by atoms with Gasteiger partial charge in [0.25, 0.3) is 0 Å². The summed E-state index contributed by atoms with van der Waals surface area (Å²) in [7, 11) is 2.02. The summed E-state index contributed by atoms with van der Waals surface area (Å²) < 4.78 is 21.0. The fourth-order valence-corrected chi connectivity index (χ4v) is 4.25. The lowest BCUT2D eigenvalue weighted by atomic mass is 10.0. The molecule has 0 aliphatic carbocycles. The Kier molecular flexibility index (Phi) is 13.4. The molecule has 0 aliphatic rings. The fourth-order valence-electron chi connectivity index (χ4n) is 2.50. The molecule has 11 nitrogen and oxygen atoms in total. The minimum atomic E-state index is -2.64. The molecule has 0 N–H and O–H groups in total. The van der Waals surface area contributed by atoms with Crippen LogP contribution in [0.4, 0.5) is 0 Å². The molecule has 2 unspecified atom stereocenters. The van der Waals surface area contributed by atoms with Crippen molar-refractivity contribution in [2.75, 3.05) is 27.9 Å². The van der Waals surface area contributed by atoms with E-state index in [1.54, 1.807) is 21.3 Å². The maximum Gasteiger partial charge on any atom is 0.500 e. The second kappa shape index (κ2) is 14.4. The molecule has 0 aromatic carbocycles. The summed E-state index contributed by atoms with van der Waals surface area (Å²) >= 11 is 0. The van der Waals surface area contributed by atoms with Gasteiger partial charge in [0.15, 0.2) is 0 Å². The number of nitrogens with zero attached hydrogens (tertiary/aromatic N) is 6. The number of hydrogen-bond donors (Lipinski definition) is 0. The Morgan fingerprint density at radius 1 is 0.962 bits per heavy atom. The topological polar surface area (TPSA) is 152 Å². The van der Waals surface area contributed by atoms with Crippen molar-refractivity contribution >= 4 is 14.8 Å². The van der Waals surface area contributed by atoms with Gasteiger partial charge in [-0.15, -0.1) is 0 Å². The SMILES string of the molecule is CO[Si](CCCC(CCC(CCOC(C)=O)N=[N+]=[N-])N=[N+]=[N-])(OC)OC. The minimum absolute atomic E-state index is 0.189. The number of carbonyl (C=O) groups excluding carboxylic acids is 1. The van der Waals surface area contributed by atoms with Gasteiger partial charge < -0.3 is 18.0 Å². The number of ether oxygens (including phenoxy) is 1. The highest BCUT2D eigenvalue weighted by atomic mass is 28.4. The molecule has 0 aliphatic heterocycles. The van der Waals surface area contributed by atoms with Crippen LogP contribution in [-0.4, -0.2) is 54.8 Å². The van der Waals surface area contributed by atoms with Crippen LogP contribution in [0.1, 0.15) is 39.0 Å². The number of carbonyl (C=O) groups is 1. The largest absolute Gasteiger partial charge is 0.500 e. The van der Waals surface area contributed by atoms with Gasteiger partial charge >= 0.3 is 14.8 Å². The summed E-state index contributed by atoms with van der Waals surface area (Å²) in [4.78, 5) is 16.5. The van der Waals surface area contributed by atoms with E-state index in [2.05, 4.69) is 20.1 Å². The van der Waals surface area contributed by atoms with Crippen molar-refractivity contribution in [3.63, 3.8) is 0 Å². The molecular weight excluding hydrogens is 360 g/mol. The molecule has 12 heteroatoms. The van der Waals surface area contributed by atoms with Gasteiger partial charge in [-0.05, 0) is 43.2 Å². The Hall–Kier alpha value is -1.81. The zero-order valence-corrected chi connectivity index (χ0v) is 16.8. The quantitative estimate of drug-likeness (QED) is 0.137. The van der Waals surface area contributed by atoms with Gasteiger partial charge in [0.05, 0.1) is 6.61 Å². The Morgan fingerprint density at radius 2 is 1.46 bits per heavy atom. The van der Waals surface area contributed by atoms with Crippen molar-refractivity contribution in [1.82, 2.24) is 0 Å². The third kappa shape index (κ3) is 10.2. The molecule has 0 saturated carbocycles. The molecule has 0 bridgehead atoms. The van der Waals surface area contributed by atoms with Crippen LogP contribution >= 0.6 is 0 Å². The molecule has 0 amide bonds. The number of rotatable bonds is 15. The van der Waals surface area contributed by atoms with Crippen LogP contribution < -0.4 is 0 Å². The van der Waals surface area contributed by atoms with E-state index in [1.807, 2.05) is 0 Å². The van der Waals surface area contributed by atoms with Crippen LogP contribution in [0.2, 0.25) is 6.04 Å². The first kappa shape index (κ1) is 24.2. The Bertz CT molecular complexity index is 498. The summed E-state index contributed by atoms with van der Waals surface area (Å²) in [6.45, 7) is 1.51. The van der Waals surface area contributed by atoms with Gasteiger partial charge in [0.1, 0.15) is 0 Å². The van der Waals surface area contributed by atoms with Crippen LogP contribution in [0.25, 0.3) is 20.9 Å². The summed E-state index contributed by atoms with van der Waals surface area (Å²) in [6.07, 6.45) is 2.89. The second-order valence-corrected chi connectivity index (χ2v) is 8.70. The zero-order chi connectivity index (χ0) is 19.8. The molecule has 26 heavy (non-hydrogen) atoms. The van der Waals surface area contributed by atoms with Gasteiger partial charge in [-0.2, -0.15) is 0 Å². The highest BCUT2D eigenvalue weighted by Gasteiger charge is 2.37. The van der Waals surface area contributed by atoms with Crippen molar-refractivity contribution in [3.05, 3.63) is 20.9 Å². The van der Waals surface area contributed by atoms with Crippen LogP contribution in [-0.2, 0) is 22.8 Å². The summed E-state index contributed by atoms with van der Waals surface area (Å²) in [5.41, 5.74) is 17.4. The first-order valence-corrected chi connectivity index (χ1v) is 10.3. The Morgan fingerprint density at radius 3 is 1.88 bits per heavy atom. The van der Waals surface area contributed by atoms with Crippen LogP contribution in [0.15, 0.2) is 10.2 Å². The molecule has 0 fully saturated rings. The predicted molar refractivity (Wildman–Crippen MR) is 97.2 cm³/mol. The molecule has 0 aromatic rings. The van der Waals surface area contributed by atoms with E-state index in [0.717, 1.165) is 0 Å². The van der Waals surface area contributed by atoms with Crippen LogP contribution in [0, 0.1) is 0 Å².